The van der Waals surface area contributed by atoms with E-state index >= 15 is 0 Å². The fourth-order valence-electron chi connectivity index (χ4n) is 1.40. The second-order valence-electron chi connectivity index (χ2n) is 4.10. The standard InChI is InChI=1S/C12H17FN2O4S/c1-2-6-19-7-5-12(16)15-11-4-3-9(8-10(11)13)20(14,17)18/h3-4,8H,2,5-7H2,1H3,(H,15,16)(H2,14,17,18). The van der Waals surface area contributed by atoms with E-state index < -0.39 is 21.7 Å². The molecule has 1 aromatic carbocycles. The van der Waals surface area contributed by atoms with Crippen LogP contribution in [-0.2, 0) is 19.6 Å². The van der Waals surface area contributed by atoms with E-state index in [1.165, 1.54) is 0 Å². The van der Waals surface area contributed by atoms with Gasteiger partial charge in [-0.2, -0.15) is 0 Å². The van der Waals surface area contributed by atoms with Crippen LogP contribution in [0.3, 0.4) is 0 Å². The van der Waals surface area contributed by atoms with E-state index in [2.05, 4.69) is 5.32 Å². The van der Waals surface area contributed by atoms with E-state index in [9.17, 15) is 17.6 Å². The molecule has 0 saturated heterocycles. The number of hydrogen-bond donors (Lipinski definition) is 2. The van der Waals surface area contributed by atoms with Crippen LogP contribution in [0, 0.1) is 5.82 Å². The van der Waals surface area contributed by atoms with Gasteiger partial charge >= 0.3 is 0 Å². The van der Waals surface area contributed by atoms with Crippen molar-refractivity contribution in [3.63, 3.8) is 0 Å². The highest BCUT2D eigenvalue weighted by Crippen LogP contribution is 2.18. The Balaban J connectivity index is 2.63. The van der Waals surface area contributed by atoms with E-state index in [4.69, 9.17) is 9.88 Å². The molecule has 0 heterocycles. The Hall–Kier alpha value is -1.51. The van der Waals surface area contributed by atoms with Gasteiger partial charge in [0.05, 0.1) is 23.6 Å². The monoisotopic (exact) mass is 304 g/mol. The molecule has 1 aromatic rings. The number of halogens is 1. The van der Waals surface area contributed by atoms with Crippen LogP contribution >= 0.6 is 0 Å². The first-order valence-electron chi connectivity index (χ1n) is 6.04. The molecule has 0 unspecified atom stereocenters. The van der Waals surface area contributed by atoms with Crippen LogP contribution in [0.5, 0.6) is 0 Å². The molecule has 0 bridgehead atoms. The second-order valence-corrected chi connectivity index (χ2v) is 5.66. The topological polar surface area (TPSA) is 98.5 Å². The molecule has 112 valence electrons. The maximum Gasteiger partial charge on any atom is 0.238 e. The lowest BCUT2D eigenvalue weighted by molar-refractivity contribution is -0.117. The predicted octanol–water partition coefficient (Wildman–Crippen LogP) is 1.23. The van der Waals surface area contributed by atoms with E-state index in [-0.39, 0.29) is 23.6 Å². The van der Waals surface area contributed by atoms with Crippen LogP contribution in [0.1, 0.15) is 19.8 Å². The molecule has 0 saturated carbocycles. The molecule has 0 atom stereocenters. The van der Waals surface area contributed by atoms with Crippen molar-refractivity contribution in [1.82, 2.24) is 0 Å². The van der Waals surface area contributed by atoms with Crippen molar-refractivity contribution in [2.24, 2.45) is 5.14 Å². The molecule has 20 heavy (non-hydrogen) atoms. The summed E-state index contributed by atoms with van der Waals surface area (Å²) in [5.74, 6) is -1.28. The summed E-state index contributed by atoms with van der Waals surface area (Å²) < 4.78 is 40.8. The Morgan fingerprint density at radius 2 is 2.10 bits per heavy atom. The van der Waals surface area contributed by atoms with Crippen LogP contribution in [-0.4, -0.2) is 27.5 Å². The van der Waals surface area contributed by atoms with E-state index in [1.54, 1.807) is 0 Å². The maximum atomic E-state index is 13.6. The molecule has 0 radical (unpaired) electrons. The number of amides is 1. The van der Waals surface area contributed by atoms with Crippen molar-refractivity contribution in [3.05, 3.63) is 24.0 Å². The summed E-state index contributed by atoms with van der Waals surface area (Å²) in [6, 6.07) is 3.04. The molecular formula is C12H17FN2O4S. The lowest BCUT2D eigenvalue weighted by Crippen LogP contribution is -2.16. The van der Waals surface area contributed by atoms with E-state index in [0.29, 0.717) is 6.61 Å². The highest BCUT2D eigenvalue weighted by Gasteiger charge is 2.13. The first-order chi connectivity index (χ1) is 9.34. The van der Waals surface area contributed by atoms with Crippen molar-refractivity contribution < 1.29 is 22.3 Å². The Labute approximate surface area is 117 Å². The highest BCUT2D eigenvalue weighted by atomic mass is 32.2. The molecule has 8 heteroatoms. The average Bonchev–Trinajstić information content (AvgIpc) is 2.36. The highest BCUT2D eigenvalue weighted by molar-refractivity contribution is 7.89. The van der Waals surface area contributed by atoms with Gasteiger partial charge in [-0.25, -0.2) is 17.9 Å². The van der Waals surface area contributed by atoms with Gasteiger partial charge in [-0.1, -0.05) is 6.92 Å². The number of nitrogens with one attached hydrogen (secondary N) is 1. The number of carbonyl (C=O) groups is 1. The van der Waals surface area contributed by atoms with Gasteiger partial charge in [0.2, 0.25) is 15.9 Å². The van der Waals surface area contributed by atoms with Gasteiger partial charge in [-0.3, -0.25) is 4.79 Å². The van der Waals surface area contributed by atoms with Gasteiger partial charge in [0.15, 0.2) is 0 Å². The summed E-state index contributed by atoms with van der Waals surface area (Å²) in [6.07, 6.45) is 0.946. The first-order valence-corrected chi connectivity index (χ1v) is 7.59. The molecule has 0 aromatic heterocycles. The molecule has 0 fully saturated rings. The fraction of sp³-hybridized carbons (Fsp3) is 0.417. The van der Waals surface area contributed by atoms with Crippen LogP contribution in [0.2, 0.25) is 0 Å². The molecule has 3 N–H and O–H groups in total. The Morgan fingerprint density at radius 1 is 1.40 bits per heavy atom. The molecule has 1 amide bonds. The van der Waals surface area contributed by atoms with Gasteiger partial charge < -0.3 is 10.1 Å². The van der Waals surface area contributed by atoms with Gasteiger partial charge in [0.1, 0.15) is 5.82 Å². The predicted molar refractivity (Wildman–Crippen MR) is 72.1 cm³/mol. The number of rotatable bonds is 7. The SMILES string of the molecule is CCCOCCC(=O)Nc1ccc(S(N)(=O)=O)cc1F. The van der Waals surface area contributed by atoms with Crippen LogP contribution < -0.4 is 10.5 Å². The molecule has 0 aliphatic rings. The summed E-state index contributed by atoms with van der Waals surface area (Å²) >= 11 is 0. The van der Waals surface area contributed by atoms with Crippen LogP contribution in [0.4, 0.5) is 10.1 Å². The van der Waals surface area contributed by atoms with Crippen molar-refractivity contribution in [1.29, 1.82) is 0 Å². The number of anilines is 1. The van der Waals surface area contributed by atoms with Crippen molar-refractivity contribution >= 4 is 21.6 Å². The number of nitrogens with two attached hydrogens (primary N) is 1. The Kier molecular flexibility index (Phi) is 6.05. The largest absolute Gasteiger partial charge is 0.381 e. The van der Waals surface area contributed by atoms with E-state index in [0.717, 1.165) is 24.6 Å². The summed E-state index contributed by atoms with van der Waals surface area (Å²) in [4.78, 5) is 11.2. The maximum absolute atomic E-state index is 13.6. The summed E-state index contributed by atoms with van der Waals surface area (Å²) in [5, 5.41) is 7.21. The number of ether oxygens (including phenoxy) is 1. The minimum Gasteiger partial charge on any atom is -0.381 e. The zero-order valence-electron chi connectivity index (χ0n) is 11.1. The molecule has 0 spiro atoms. The van der Waals surface area contributed by atoms with Gasteiger partial charge in [-0.05, 0) is 24.6 Å². The number of primary sulfonamides is 1. The minimum absolute atomic E-state index is 0.0936. The van der Waals surface area contributed by atoms with Crippen LogP contribution in [0.15, 0.2) is 23.1 Å². The average molecular weight is 304 g/mol. The summed E-state index contributed by atoms with van der Waals surface area (Å²) in [5.41, 5.74) is -0.0992. The summed E-state index contributed by atoms with van der Waals surface area (Å²) in [7, 11) is -3.96. The van der Waals surface area contributed by atoms with Gasteiger partial charge in [0.25, 0.3) is 0 Å². The minimum atomic E-state index is -3.96. The Bertz CT molecular complexity index is 575. The zero-order chi connectivity index (χ0) is 15.2. The smallest absolute Gasteiger partial charge is 0.238 e. The first kappa shape index (κ1) is 16.5. The molecule has 1 rings (SSSR count). The quantitative estimate of drug-likeness (QED) is 0.740. The van der Waals surface area contributed by atoms with Crippen molar-refractivity contribution in [2.45, 2.75) is 24.7 Å². The lowest BCUT2D eigenvalue weighted by atomic mass is 10.3. The third-order valence-electron chi connectivity index (χ3n) is 2.37. The van der Waals surface area contributed by atoms with E-state index in [1.807, 2.05) is 6.92 Å². The number of carbonyl (C=O) groups excluding carboxylic acids is 1. The molecular weight excluding hydrogens is 287 g/mol. The Morgan fingerprint density at radius 3 is 2.65 bits per heavy atom. The van der Waals surface area contributed by atoms with Crippen molar-refractivity contribution in [2.75, 3.05) is 18.5 Å². The zero-order valence-corrected chi connectivity index (χ0v) is 11.9. The number of benzene rings is 1. The number of hydrogen-bond acceptors (Lipinski definition) is 4. The van der Waals surface area contributed by atoms with Crippen LogP contribution in [0.25, 0.3) is 0 Å². The lowest BCUT2D eigenvalue weighted by Gasteiger charge is -2.08. The molecule has 0 aliphatic carbocycles. The normalized spacial score (nSPS) is 11.3. The van der Waals surface area contributed by atoms with Crippen molar-refractivity contribution in [3.8, 4) is 0 Å². The third-order valence-corrected chi connectivity index (χ3v) is 3.28. The summed E-state index contributed by atoms with van der Waals surface area (Å²) in [6.45, 7) is 2.75. The molecule has 0 aliphatic heterocycles. The third kappa shape index (κ3) is 5.24. The molecule has 6 nitrogen and oxygen atoms in total. The fourth-order valence-corrected chi connectivity index (χ4v) is 1.92. The van der Waals surface area contributed by atoms with Gasteiger partial charge in [-0.15, -0.1) is 0 Å². The van der Waals surface area contributed by atoms with Gasteiger partial charge in [0, 0.05) is 6.61 Å². The number of sulfonamides is 1. The second kappa shape index (κ2) is 7.32.